The summed E-state index contributed by atoms with van der Waals surface area (Å²) in [5, 5.41) is 15.0. The number of nitrogens with one attached hydrogen (secondary N) is 2. The van der Waals surface area contributed by atoms with Crippen molar-refractivity contribution in [3.8, 4) is 0 Å². The Bertz CT molecular complexity index is 878. The number of nitrogens with two attached hydrogens (primary N) is 1. The van der Waals surface area contributed by atoms with Gasteiger partial charge in [-0.15, -0.1) is 11.3 Å². The van der Waals surface area contributed by atoms with Crippen molar-refractivity contribution in [3.63, 3.8) is 0 Å². The van der Waals surface area contributed by atoms with Crippen molar-refractivity contribution in [1.29, 1.82) is 0 Å². The van der Waals surface area contributed by atoms with E-state index in [0.717, 1.165) is 46.0 Å². The van der Waals surface area contributed by atoms with Crippen molar-refractivity contribution in [2.24, 2.45) is 5.73 Å². The second kappa shape index (κ2) is 7.20. The fraction of sp³-hybridized carbons (Fsp3) is 0.294. The molecule has 1 aliphatic carbocycles. The molecule has 10 heteroatoms. The lowest BCUT2D eigenvalue weighted by molar-refractivity contribution is -0.137. The number of carbonyl (C=O) groups excluding carboxylic acids is 2. The number of benzene rings is 1. The van der Waals surface area contributed by atoms with Gasteiger partial charge in [0.2, 0.25) is 0 Å². The van der Waals surface area contributed by atoms with E-state index in [4.69, 9.17) is 5.73 Å². The Labute approximate surface area is 156 Å². The second-order valence-electron chi connectivity index (χ2n) is 6.12. The van der Waals surface area contributed by atoms with Crippen LogP contribution >= 0.6 is 11.3 Å². The molecule has 1 aliphatic rings. The zero-order valence-electron chi connectivity index (χ0n) is 13.9. The number of hydrogen-bond donors (Lipinski definition) is 4. The molecule has 3 amide bonds. The number of aliphatic hydroxyl groups is 1. The molecule has 0 saturated heterocycles. The molecule has 1 aromatic carbocycles. The fourth-order valence-corrected chi connectivity index (χ4v) is 4.24. The zero-order chi connectivity index (χ0) is 19.8. The largest absolute Gasteiger partial charge is 0.416 e. The van der Waals surface area contributed by atoms with E-state index in [1.165, 1.54) is 0 Å². The quantitative estimate of drug-likeness (QED) is 0.636. The summed E-state index contributed by atoms with van der Waals surface area (Å²) in [5.41, 5.74) is 5.71. The van der Waals surface area contributed by atoms with E-state index in [0.29, 0.717) is 19.3 Å². The molecule has 1 atom stereocenters. The Kier molecular flexibility index (Phi) is 5.11. The highest BCUT2D eigenvalue weighted by molar-refractivity contribution is 7.17. The summed E-state index contributed by atoms with van der Waals surface area (Å²) >= 11 is 1.16. The van der Waals surface area contributed by atoms with Gasteiger partial charge in [-0.25, -0.2) is 4.79 Å². The minimum absolute atomic E-state index is 0.165. The number of fused-ring (bicyclic) bond motifs is 1. The molecule has 1 aromatic heterocycles. The van der Waals surface area contributed by atoms with Crippen LogP contribution in [-0.2, 0) is 19.0 Å². The van der Waals surface area contributed by atoms with Gasteiger partial charge in [0.1, 0.15) is 5.00 Å². The second-order valence-corrected chi connectivity index (χ2v) is 7.23. The van der Waals surface area contributed by atoms with Crippen LogP contribution in [0.1, 0.15) is 32.8 Å². The predicted octanol–water partition coefficient (Wildman–Crippen LogP) is 3.36. The third kappa shape index (κ3) is 4.22. The number of alkyl halides is 3. The molecule has 1 unspecified atom stereocenters. The molecule has 0 aliphatic heterocycles. The smallest absolute Gasteiger partial charge is 0.393 e. The normalized spacial score (nSPS) is 16.5. The number of urea groups is 1. The van der Waals surface area contributed by atoms with Crippen LogP contribution in [0.4, 0.5) is 28.7 Å². The fourth-order valence-electron chi connectivity index (χ4n) is 2.93. The van der Waals surface area contributed by atoms with Gasteiger partial charge in [0.05, 0.1) is 17.2 Å². The van der Waals surface area contributed by atoms with Crippen molar-refractivity contribution >= 4 is 34.0 Å². The number of anilines is 2. The SMILES string of the molecule is NC(=O)c1c(NC(=O)Nc2ccc(C(F)(F)F)cc2)sc2c1CCC(O)C2. The molecule has 0 saturated carbocycles. The maximum Gasteiger partial charge on any atom is 0.416 e. The Balaban J connectivity index is 1.75. The van der Waals surface area contributed by atoms with E-state index < -0.39 is 29.8 Å². The molecule has 0 bridgehead atoms. The standard InChI is InChI=1S/C17H16F3N3O3S/c18-17(19,20)8-1-3-9(4-2-8)22-16(26)23-15-13(14(21)25)11-6-5-10(24)7-12(11)27-15/h1-4,10,24H,5-7H2,(H2,21,25)(H2,22,23,26). The van der Waals surface area contributed by atoms with Crippen molar-refractivity contribution in [3.05, 3.63) is 45.8 Å². The van der Waals surface area contributed by atoms with Crippen molar-refractivity contribution in [2.45, 2.75) is 31.5 Å². The number of halogens is 3. The molecule has 144 valence electrons. The van der Waals surface area contributed by atoms with Gasteiger partial charge in [-0.05, 0) is 42.7 Å². The average Bonchev–Trinajstić information content (AvgIpc) is 2.91. The summed E-state index contributed by atoms with van der Waals surface area (Å²) in [6.07, 6.45) is -3.61. The van der Waals surface area contributed by atoms with Crippen LogP contribution < -0.4 is 16.4 Å². The van der Waals surface area contributed by atoms with Crippen LogP contribution in [0.5, 0.6) is 0 Å². The number of hydrogen-bond acceptors (Lipinski definition) is 4. The lowest BCUT2D eigenvalue weighted by Crippen LogP contribution is -2.23. The van der Waals surface area contributed by atoms with E-state index in [9.17, 15) is 27.9 Å². The number of amides is 3. The van der Waals surface area contributed by atoms with Crippen LogP contribution in [0, 0.1) is 0 Å². The number of thiophene rings is 1. The number of aliphatic hydroxyl groups excluding tert-OH is 1. The van der Waals surface area contributed by atoms with Crippen LogP contribution in [0.25, 0.3) is 0 Å². The van der Waals surface area contributed by atoms with Crippen LogP contribution in [0.3, 0.4) is 0 Å². The summed E-state index contributed by atoms with van der Waals surface area (Å²) in [6.45, 7) is 0. The molecule has 0 spiro atoms. The lowest BCUT2D eigenvalue weighted by atomic mass is 9.93. The maximum absolute atomic E-state index is 12.6. The first-order chi connectivity index (χ1) is 12.6. The minimum atomic E-state index is -4.46. The van der Waals surface area contributed by atoms with Crippen molar-refractivity contribution in [1.82, 2.24) is 0 Å². The monoisotopic (exact) mass is 399 g/mol. The van der Waals surface area contributed by atoms with Gasteiger partial charge >= 0.3 is 12.2 Å². The van der Waals surface area contributed by atoms with Gasteiger partial charge in [0.25, 0.3) is 5.91 Å². The van der Waals surface area contributed by atoms with E-state index in [2.05, 4.69) is 10.6 Å². The van der Waals surface area contributed by atoms with Gasteiger partial charge in [-0.1, -0.05) is 0 Å². The summed E-state index contributed by atoms with van der Waals surface area (Å²) in [7, 11) is 0. The summed E-state index contributed by atoms with van der Waals surface area (Å²) in [5.74, 6) is -0.686. The first kappa shape index (κ1) is 19.2. The molecule has 3 rings (SSSR count). The van der Waals surface area contributed by atoms with E-state index in [1.807, 2.05) is 0 Å². The van der Waals surface area contributed by atoms with Crippen LogP contribution in [0.2, 0.25) is 0 Å². The van der Waals surface area contributed by atoms with Gasteiger partial charge < -0.3 is 16.2 Å². The van der Waals surface area contributed by atoms with E-state index in [1.54, 1.807) is 0 Å². The molecule has 27 heavy (non-hydrogen) atoms. The Morgan fingerprint density at radius 1 is 1.19 bits per heavy atom. The summed E-state index contributed by atoms with van der Waals surface area (Å²) in [4.78, 5) is 24.8. The Morgan fingerprint density at radius 3 is 2.44 bits per heavy atom. The highest BCUT2D eigenvalue weighted by Crippen LogP contribution is 2.38. The average molecular weight is 399 g/mol. The van der Waals surface area contributed by atoms with Gasteiger partial charge in [0, 0.05) is 17.0 Å². The maximum atomic E-state index is 12.6. The van der Waals surface area contributed by atoms with Gasteiger partial charge in [0.15, 0.2) is 0 Å². The Hall–Kier alpha value is -2.59. The molecule has 1 heterocycles. The highest BCUT2D eigenvalue weighted by atomic mass is 32.1. The predicted molar refractivity (Wildman–Crippen MR) is 95.0 cm³/mol. The molecule has 0 fully saturated rings. The van der Waals surface area contributed by atoms with Crippen molar-refractivity contribution in [2.75, 3.05) is 10.6 Å². The summed E-state index contributed by atoms with van der Waals surface area (Å²) in [6, 6.07) is 3.27. The van der Waals surface area contributed by atoms with E-state index in [-0.39, 0.29) is 16.3 Å². The molecule has 0 radical (unpaired) electrons. The van der Waals surface area contributed by atoms with Crippen LogP contribution in [-0.4, -0.2) is 23.1 Å². The molecule has 2 aromatic rings. The topological polar surface area (TPSA) is 104 Å². The number of carbonyl (C=O) groups is 2. The summed E-state index contributed by atoms with van der Waals surface area (Å²) < 4.78 is 37.7. The van der Waals surface area contributed by atoms with E-state index >= 15 is 0 Å². The first-order valence-electron chi connectivity index (χ1n) is 8.03. The molecule has 5 N–H and O–H groups in total. The van der Waals surface area contributed by atoms with Gasteiger partial charge in [-0.3, -0.25) is 10.1 Å². The number of rotatable bonds is 3. The third-order valence-electron chi connectivity index (χ3n) is 4.18. The first-order valence-corrected chi connectivity index (χ1v) is 8.84. The number of primary amides is 1. The lowest BCUT2D eigenvalue weighted by Gasteiger charge is -2.17. The molecule has 6 nitrogen and oxygen atoms in total. The van der Waals surface area contributed by atoms with Crippen LogP contribution in [0.15, 0.2) is 24.3 Å². The Morgan fingerprint density at radius 2 is 1.85 bits per heavy atom. The minimum Gasteiger partial charge on any atom is -0.393 e. The van der Waals surface area contributed by atoms with Crippen molar-refractivity contribution < 1.29 is 27.9 Å². The molecular formula is C17H16F3N3O3S. The molecular weight excluding hydrogens is 383 g/mol. The van der Waals surface area contributed by atoms with Gasteiger partial charge in [-0.2, -0.15) is 13.2 Å². The zero-order valence-corrected chi connectivity index (χ0v) is 14.7. The third-order valence-corrected chi connectivity index (χ3v) is 5.35. The highest BCUT2D eigenvalue weighted by Gasteiger charge is 2.30.